The van der Waals surface area contributed by atoms with Crippen molar-refractivity contribution in [3.63, 3.8) is 0 Å². The Labute approximate surface area is 239 Å². The zero-order valence-corrected chi connectivity index (χ0v) is 23.1. The number of pyridine rings is 1. The van der Waals surface area contributed by atoms with Crippen molar-refractivity contribution in [2.24, 2.45) is 5.73 Å². The number of piperidine rings is 1. The van der Waals surface area contributed by atoms with Crippen molar-refractivity contribution in [1.82, 2.24) is 9.88 Å². The molecular formula is C29H30Cl3N3O3. The molecule has 1 fully saturated rings. The predicted molar refractivity (Wildman–Crippen MR) is 155 cm³/mol. The number of nitrogens with zero attached hydrogens (tertiary/aromatic N) is 2. The van der Waals surface area contributed by atoms with Crippen LogP contribution in [0.1, 0.15) is 51.1 Å². The number of aromatic nitrogens is 1. The van der Waals surface area contributed by atoms with Crippen molar-refractivity contribution >= 4 is 53.9 Å². The van der Waals surface area contributed by atoms with Crippen molar-refractivity contribution in [3.05, 3.63) is 105 Å². The third-order valence-electron chi connectivity index (χ3n) is 7.11. The smallest absolute Gasteiger partial charge is 0.320 e. The molecule has 200 valence electrons. The molecule has 1 atom stereocenters. The largest absolute Gasteiger partial charge is 0.480 e. The number of fused-ring (bicyclic) bond motifs is 2. The highest BCUT2D eigenvalue weighted by Gasteiger charge is 2.27. The number of likely N-dealkylation sites (tertiary alicyclic amines) is 1. The van der Waals surface area contributed by atoms with Gasteiger partial charge in [-0.05, 0) is 84.7 Å². The summed E-state index contributed by atoms with van der Waals surface area (Å²) < 4.78 is 0. The minimum Gasteiger partial charge on any atom is -0.480 e. The van der Waals surface area contributed by atoms with E-state index >= 15 is 0 Å². The molecule has 2 heterocycles. The number of benzene rings is 2. The van der Waals surface area contributed by atoms with Crippen LogP contribution < -0.4 is 5.73 Å². The van der Waals surface area contributed by atoms with E-state index in [2.05, 4.69) is 18.2 Å². The van der Waals surface area contributed by atoms with Gasteiger partial charge in [-0.2, -0.15) is 0 Å². The van der Waals surface area contributed by atoms with Crippen LogP contribution in [0.15, 0.2) is 66.4 Å². The zero-order valence-electron chi connectivity index (χ0n) is 20.7. The number of carbonyl (C=O) groups excluding carboxylic acids is 1. The topological polar surface area (TPSA) is 96.5 Å². The van der Waals surface area contributed by atoms with E-state index in [0.29, 0.717) is 18.7 Å². The number of amides is 1. The molecule has 0 radical (unpaired) electrons. The Hall–Kier alpha value is -2.90. The molecule has 2 aliphatic rings. The molecule has 9 heteroatoms. The van der Waals surface area contributed by atoms with E-state index in [0.717, 1.165) is 42.0 Å². The number of rotatable bonds is 4. The average molecular weight is 575 g/mol. The molecule has 1 aliphatic heterocycles. The number of carboxylic acids is 1. The van der Waals surface area contributed by atoms with Gasteiger partial charge in [-0.25, -0.2) is 0 Å². The second-order valence-corrected chi connectivity index (χ2v) is 9.87. The van der Waals surface area contributed by atoms with Gasteiger partial charge in [-0.3, -0.25) is 14.6 Å². The lowest BCUT2D eigenvalue weighted by Gasteiger charge is -2.30. The molecule has 5 rings (SSSR count). The first-order valence-corrected chi connectivity index (χ1v) is 12.6. The van der Waals surface area contributed by atoms with Crippen LogP contribution in [0, 0.1) is 0 Å². The maximum Gasteiger partial charge on any atom is 0.320 e. The van der Waals surface area contributed by atoms with Crippen molar-refractivity contribution < 1.29 is 14.7 Å². The molecular weight excluding hydrogens is 545 g/mol. The van der Waals surface area contributed by atoms with Crippen LogP contribution >= 0.6 is 36.4 Å². The van der Waals surface area contributed by atoms with E-state index in [1.165, 1.54) is 27.8 Å². The first-order chi connectivity index (χ1) is 17.4. The van der Waals surface area contributed by atoms with Crippen LogP contribution in [0.5, 0.6) is 0 Å². The Morgan fingerprint density at radius 1 is 0.974 bits per heavy atom. The van der Waals surface area contributed by atoms with Crippen LogP contribution in [0.25, 0.3) is 5.57 Å². The molecule has 0 unspecified atom stereocenters. The SMILES string of the molecule is Cl.Cl.N[C@@H](Cc1ccc(C(=O)N2CCC(=C3c4ccc(Cl)cc4CCc4cccnc43)CC2)cc1)C(=O)O. The van der Waals surface area contributed by atoms with Gasteiger partial charge in [0.1, 0.15) is 6.04 Å². The molecule has 2 aromatic carbocycles. The summed E-state index contributed by atoms with van der Waals surface area (Å²) in [5, 5.41) is 9.75. The molecule has 0 spiro atoms. The minimum absolute atomic E-state index is 0. The number of nitrogens with two attached hydrogens (primary N) is 1. The monoisotopic (exact) mass is 573 g/mol. The van der Waals surface area contributed by atoms with Gasteiger partial charge in [-0.1, -0.05) is 41.4 Å². The summed E-state index contributed by atoms with van der Waals surface area (Å²) in [6.45, 7) is 1.27. The molecule has 1 aliphatic carbocycles. The van der Waals surface area contributed by atoms with E-state index in [9.17, 15) is 9.59 Å². The third-order valence-corrected chi connectivity index (χ3v) is 7.34. The van der Waals surface area contributed by atoms with E-state index in [-0.39, 0.29) is 37.1 Å². The quantitative estimate of drug-likeness (QED) is 0.437. The summed E-state index contributed by atoms with van der Waals surface area (Å²) in [6, 6.07) is 16.4. The molecule has 3 aromatic rings. The number of hydrogen-bond donors (Lipinski definition) is 2. The van der Waals surface area contributed by atoms with Crippen LogP contribution in [0.4, 0.5) is 0 Å². The van der Waals surface area contributed by atoms with Gasteiger partial charge in [0.05, 0.1) is 5.69 Å². The lowest BCUT2D eigenvalue weighted by molar-refractivity contribution is -0.138. The molecule has 1 saturated heterocycles. The predicted octanol–water partition coefficient (Wildman–Crippen LogP) is 5.37. The highest BCUT2D eigenvalue weighted by Crippen LogP contribution is 2.38. The Morgan fingerprint density at radius 3 is 2.34 bits per heavy atom. The maximum absolute atomic E-state index is 13.2. The van der Waals surface area contributed by atoms with E-state index in [4.69, 9.17) is 27.4 Å². The minimum atomic E-state index is -1.04. The molecule has 1 aromatic heterocycles. The lowest BCUT2D eigenvalue weighted by Crippen LogP contribution is -2.36. The first-order valence-electron chi connectivity index (χ1n) is 12.2. The van der Waals surface area contributed by atoms with Crippen molar-refractivity contribution in [1.29, 1.82) is 0 Å². The summed E-state index contributed by atoms with van der Waals surface area (Å²) in [7, 11) is 0. The van der Waals surface area contributed by atoms with E-state index in [1.54, 1.807) is 24.3 Å². The van der Waals surface area contributed by atoms with Crippen molar-refractivity contribution in [3.8, 4) is 0 Å². The third kappa shape index (κ3) is 6.21. The molecule has 0 bridgehead atoms. The summed E-state index contributed by atoms with van der Waals surface area (Å²) in [5.41, 5.74) is 14.3. The molecule has 0 saturated carbocycles. The van der Waals surface area contributed by atoms with Gasteiger partial charge in [0.25, 0.3) is 5.91 Å². The molecule has 1 amide bonds. The van der Waals surface area contributed by atoms with Crippen LogP contribution in [0.3, 0.4) is 0 Å². The lowest BCUT2D eigenvalue weighted by atomic mass is 9.88. The first kappa shape index (κ1) is 29.7. The second-order valence-electron chi connectivity index (χ2n) is 9.43. The number of carboxylic acid groups (broad SMARTS) is 1. The maximum atomic E-state index is 13.2. The number of aliphatic carboxylic acids is 1. The Balaban J connectivity index is 0.00000200. The fourth-order valence-electron chi connectivity index (χ4n) is 5.17. The van der Waals surface area contributed by atoms with Gasteiger partial charge < -0.3 is 15.7 Å². The highest BCUT2D eigenvalue weighted by molar-refractivity contribution is 6.30. The number of halogens is 3. The molecule has 3 N–H and O–H groups in total. The fraction of sp³-hybridized carbons (Fsp3) is 0.276. The van der Waals surface area contributed by atoms with Gasteiger partial charge in [0, 0.05) is 35.4 Å². The number of carbonyl (C=O) groups is 2. The summed E-state index contributed by atoms with van der Waals surface area (Å²) in [6.07, 6.45) is 5.49. The van der Waals surface area contributed by atoms with E-state index < -0.39 is 12.0 Å². The van der Waals surface area contributed by atoms with Crippen molar-refractivity contribution in [2.75, 3.05) is 13.1 Å². The summed E-state index contributed by atoms with van der Waals surface area (Å²) >= 11 is 6.33. The second kappa shape index (κ2) is 12.8. The Bertz CT molecular complexity index is 1350. The Morgan fingerprint density at radius 2 is 1.66 bits per heavy atom. The average Bonchev–Trinajstić information content (AvgIpc) is 3.05. The zero-order chi connectivity index (χ0) is 25.2. The van der Waals surface area contributed by atoms with Crippen LogP contribution in [-0.2, 0) is 24.1 Å². The molecule has 38 heavy (non-hydrogen) atoms. The summed E-state index contributed by atoms with van der Waals surface area (Å²) in [4.78, 5) is 30.8. The molecule has 6 nitrogen and oxygen atoms in total. The van der Waals surface area contributed by atoms with Crippen LogP contribution in [-0.4, -0.2) is 46.0 Å². The Kier molecular flexibility index (Phi) is 9.96. The van der Waals surface area contributed by atoms with Gasteiger partial charge >= 0.3 is 5.97 Å². The van der Waals surface area contributed by atoms with Gasteiger partial charge in [0.15, 0.2) is 0 Å². The van der Waals surface area contributed by atoms with Gasteiger partial charge in [0.2, 0.25) is 0 Å². The van der Waals surface area contributed by atoms with E-state index in [1.807, 2.05) is 23.2 Å². The van der Waals surface area contributed by atoms with Gasteiger partial charge in [-0.15, -0.1) is 24.8 Å². The van der Waals surface area contributed by atoms with Crippen LogP contribution in [0.2, 0.25) is 5.02 Å². The van der Waals surface area contributed by atoms with Crippen molar-refractivity contribution in [2.45, 2.75) is 38.1 Å². The number of hydrogen-bond acceptors (Lipinski definition) is 4. The highest BCUT2D eigenvalue weighted by atomic mass is 35.5. The standard InChI is InChI=1S/C29H28ClN3O3.2ClH/c30-23-9-10-24-22(17-23)8-7-20-2-1-13-32-27(20)26(24)19-11-14-33(15-12-19)28(34)21-5-3-18(4-6-21)16-25(31)29(35)36;;/h1-6,9-10,13,17,25H,7-8,11-12,14-16,31H2,(H,35,36);2*1H/t25-;;/m0../s1. The number of aryl methyl sites for hydroxylation is 2. The normalized spacial score (nSPS) is 15.3. The summed E-state index contributed by atoms with van der Waals surface area (Å²) in [5.74, 6) is -1.05. The fourth-order valence-corrected chi connectivity index (χ4v) is 5.36.